The molecule has 1 aliphatic heterocycles. The van der Waals surface area contributed by atoms with Crippen LogP contribution in [0.2, 0.25) is 0 Å². The molecule has 1 aliphatic rings. The minimum Gasteiger partial charge on any atom is -0.322 e. The van der Waals surface area contributed by atoms with Gasteiger partial charge in [-0.05, 0) is 67.8 Å². The Morgan fingerprint density at radius 3 is 2.60 bits per heavy atom. The molecule has 0 unspecified atom stereocenters. The van der Waals surface area contributed by atoms with Crippen LogP contribution in [0.1, 0.15) is 29.3 Å². The minimum absolute atomic E-state index is 0.0677. The molecule has 1 amide bonds. The largest absolute Gasteiger partial charge is 0.322 e. The van der Waals surface area contributed by atoms with E-state index < -0.39 is 10.0 Å². The van der Waals surface area contributed by atoms with Crippen molar-refractivity contribution in [2.24, 2.45) is 0 Å². The van der Waals surface area contributed by atoms with E-state index in [0.29, 0.717) is 23.5 Å². The molecule has 7 heteroatoms. The van der Waals surface area contributed by atoms with E-state index in [9.17, 15) is 13.2 Å². The number of aryl methyl sites for hydroxylation is 1. The molecule has 0 fully saturated rings. The lowest BCUT2D eigenvalue weighted by atomic mass is 10.0. The Bertz CT molecular complexity index is 895. The second-order valence-electron chi connectivity index (χ2n) is 5.88. The number of nitrogens with zero attached hydrogens (tertiary/aromatic N) is 1. The normalized spacial score (nSPS) is 14.1. The molecule has 0 spiro atoms. The monoisotopic (exact) mass is 422 g/mol. The van der Waals surface area contributed by atoms with Gasteiger partial charge < -0.3 is 5.32 Å². The molecule has 1 heterocycles. The van der Waals surface area contributed by atoms with E-state index in [-0.39, 0.29) is 11.7 Å². The van der Waals surface area contributed by atoms with Crippen molar-refractivity contribution >= 4 is 43.2 Å². The van der Waals surface area contributed by atoms with Crippen LogP contribution in [0.25, 0.3) is 0 Å². The molecular weight excluding hydrogens is 404 g/mol. The standard InChI is InChI=1S/C18H19BrN2O3S/c1-2-25(23,24)21-11-3-4-13-12-14(5-10-17(13)21)18(22)20-16-8-6-15(19)7-9-16/h5-10,12H,2-4,11H2,1H3,(H,20,22). The van der Waals surface area contributed by atoms with Gasteiger partial charge in [-0.15, -0.1) is 0 Å². The van der Waals surface area contributed by atoms with E-state index in [1.807, 2.05) is 24.3 Å². The van der Waals surface area contributed by atoms with Gasteiger partial charge in [0.2, 0.25) is 10.0 Å². The van der Waals surface area contributed by atoms with Crippen LogP contribution in [-0.2, 0) is 16.4 Å². The Balaban J connectivity index is 1.85. The highest BCUT2D eigenvalue weighted by Crippen LogP contribution is 2.30. The number of hydrogen-bond donors (Lipinski definition) is 1. The highest BCUT2D eigenvalue weighted by Gasteiger charge is 2.26. The smallest absolute Gasteiger partial charge is 0.255 e. The maximum Gasteiger partial charge on any atom is 0.255 e. The molecule has 3 rings (SSSR count). The Hall–Kier alpha value is -1.86. The van der Waals surface area contributed by atoms with Gasteiger partial charge in [0.1, 0.15) is 0 Å². The topological polar surface area (TPSA) is 66.5 Å². The maximum atomic E-state index is 12.5. The summed E-state index contributed by atoms with van der Waals surface area (Å²) in [6.07, 6.45) is 1.52. The summed E-state index contributed by atoms with van der Waals surface area (Å²) in [5, 5.41) is 2.85. The number of nitrogens with one attached hydrogen (secondary N) is 1. The number of sulfonamides is 1. The van der Waals surface area contributed by atoms with Gasteiger partial charge in [0, 0.05) is 22.3 Å². The van der Waals surface area contributed by atoms with Gasteiger partial charge in [0.15, 0.2) is 0 Å². The number of anilines is 2. The lowest BCUT2D eigenvalue weighted by Gasteiger charge is -2.30. The minimum atomic E-state index is -3.29. The van der Waals surface area contributed by atoms with Crippen LogP contribution in [0, 0.1) is 0 Å². The van der Waals surface area contributed by atoms with Crippen molar-refractivity contribution < 1.29 is 13.2 Å². The first-order valence-electron chi connectivity index (χ1n) is 8.11. The van der Waals surface area contributed by atoms with E-state index in [1.165, 1.54) is 4.31 Å². The highest BCUT2D eigenvalue weighted by molar-refractivity contribution is 9.10. The first-order chi connectivity index (χ1) is 11.9. The van der Waals surface area contributed by atoms with Crippen LogP contribution in [0.5, 0.6) is 0 Å². The Morgan fingerprint density at radius 2 is 1.92 bits per heavy atom. The summed E-state index contributed by atoms with van der Waals surface area (Å²) in [7, 11) is -3.29. The summed E-state index contributed by atoms with van der Waals surface area (Å²) in [5.41, 5.74) is 2.82. The lowest BCUT2D eigenvalue weighted by Crippen LogP contribution is -2.36. The van der Waals surface area contributed by atoms with Gasteiger partial charge in [0.05, 0.1) is 11.4 Å². The second kappa shape index (κ2) is 7.17. The number of rotatable bonds is 4. The number of amides is 1. The van der Waals surface area contributed by atoms with E-state index >= 15 is 0 Å². The average Bonchev–Trinajstić information content (AvgIpc) is 2.62. The van der Waals surface area contributed by atoms with Crippen molar-refractivity contribution in [3.05, 3.63) is 58.1 Å². The van der Waals surface area contributed by atoms with Crippen molar-refractivity contribution in [1.82, 2.24) is 0 Å². The molecule has 0 radical (unpaired) electrons. The third-order valence-electron chi connectivity index (χ3n) is 4.22. The second-order valence-corrected chi connectivity index (χ2v) is 8.98. The summed E-state index contributed by atoms with van der Waals surface area (Å²) < 4.78 is 26.9. The molecule has 2 aromatic carbocycles. The number of carbonyl (C=O) groups excluding carboxylic acids is 1. The quantitative estimate of drug-likeness (QED) is 0.814. The third-order valence-corrected chi connectivity index (χ3v) is 6.53. The fourth-order valence-corrected chi connectivity index (χ4v) is 4.35. The van der Waals surface area contributed by atoms with Gasteiger partial charge in [0.25, 0.3) is 5.91 Å². The third kappa shape index (κ3) is 3.88. The number of hydrogen-bond acceptors (Lipinski definition) is 3. The number of benzene rings is 2. The molecule has 0 saturated carbocycles. The summed E-state index contributed by atoms with van der Waals surface area (Å²) in [5.74, 6) is -0.140. The molecule has 25 heavy (non-hydrogen) atoms. The van der Waals surface area contributed by atoms with E-state index in [1.54, 1.807) is 25.1 Å². The van der Waals surface area contributed by atoms with Gasteiger partial charge in [-0.25, -0.2) is 8.42 Å². The average molecular weight is 423 g/mol. The van der Waals surface area contributed by atoms with Gasteiger partial charge >= 0.3 is 0 Å². The Kier molecular flexibility index (Phi) is 5.15. The summed E-state index contributed by atoms with van der Waals surface area (Å²) in [6.45, 7) is 2.14. The summed E-state index contributed by atoms with van der Waals surface area (Å²) in [4.78, 5) is 12.5. The Labute approximate surface area is 156 Å². The number of carbonyl (C=O) groups is 1. The molecule has 0 saturated heterocycles. The zero-order valence-electron chi connectivity index (χ0n) is 13.8. The fourth-order valence-electron chi connectivity index (χ4n) is 2.89. The van der Waals surface area contributed by atoms with Crippen molar-refractivity contribution in [2.45, 2.75) is 19.8 Å². The first kappa shape index (κ1) is 17.9. The van der Waals surface area contributed by atoms with Gasteiger partial charge in [-0.3, -0.25) is 9.10 Å². The van der Waals surface area contributed by atoms with Crippen molar-refractivity contribution in [1.29, 1.82) is 0 Å². The van der Waals surface area contributed by atoms with Crippen LogP contribution in [0.3, 0.4) is 0 Å². The predicted molar refractivity (Wildman–Crippen MR) is 104 cm³/mol. The van der Waals surface area contributed by atoms with Crippen molar-refractivity contribution in [3.8, 4) is 0 Å². The zero-order valence-corrected chi connectivity index (χ0v) is 16.2. The molecule has 0 atom stereocenters. The predicted octanol–water partition coefficient (Wildman–Crippen LogP) is 3.80. The lowest BCUT2D eigenvalue weighted by molar-refractivity contribution is 0.102. The first-order valence-corrected chi connectivity index (χ1v) is 10.5. The van der Waals surface area contributed by atoms with Crippen molar-refractivity contribution in [2.75, 3.05) is 21.9 Å². The van der Waals surface area contributed by atoms with Crippen LogP contribution < -0.4 is 9.62 Å². The number of halogens is 1. The molecule has 132 valence electrons. The van der Waals surface area contributed by atoms with Crippen LogP contribution in [0.4, 0.5) is 11.4 Å². The zero-order chi connectivity index (χ0) is 18.0. The van der Waals surface area contributed by atoms with Crippen molar-refractivity contribution in [3.63, 3.8) is 0 Å². The molecule has 1 N–H and O–H groups in total. The highest BCUT2D eigenvalue weighted by atomic mass is 79.9. The van der Waals surface area contributed by atoms with Crippen LogP contribution >= 0.6 is 15.9 Å². The van der Waals surface area contributed by atoms with Gasteiger partial charge in [-0.2, -0.15) is 0 Å². The van der Waals surface area contributed by atoms with E-state index in [0.717, 1.165) is 22.9 Å². The molecule has 0 bridgehead atoms. The number of fused-ring (bicyclic) bond motifs is 1. The van der Waals surface area contributed by atoms with Gasteiger partial charge in [-0.1, -0.05) is 15.9 Å². The molecular formula is C18H19BrN2O3S. The molecule has 5 nitrogen and oxygen atoms in total. The van der Waals surface area contributed by atoms with Crippen LogP contribution in [0.15, 0.2) is 46.9 Å². The van der Waals surface area contributed by atoms with E-state index in [2.05, 4.69) is 21.2 Å². The molecule has 0 aliphatic carbocycles. The van der Waals surface area contributed by atoms with E-state index in [4.69, 9.17) is 0 Å². The maximum absolute atomic E-state index is 12.5. The molecule has 0 aromatic heterocycles. The summed E-state index contributed by atoms with van der Waals surface area (Å²) >= 11 is 3.36. The SMILES string of the molecule is CCS(=O)(=O)N1CCCc2cc(C(=O)Nc3ccc(Br)cc3)ccc21. The summed E-state index contributed by atoms with van der Waals surface area (Å²) in [6, 6.07) is 12.5. The Morgan fingerprint density at radius 1 is 1.20 bits per heavy atom. The van der Waals surface area contributed by atoms with Crippen LogP contribution in [-0.4, -0.2) is 26.6 Å². The molecule has 2 aromatic rings. The fraction of sp³-hybridized carbons (Fsp3) is 0.278.